The number of carbonyl (C=O) groups is 1. The number of benzene rings is 2. The summed E-state index contributed by atoms with van der Waals surface area (Å²) in [5.74, 6) is 1.14. The molecule has 2 aromatic carbocycles. The maximum atomic E-state index is 13.3. The number of nitrogens with zero attached hydrogens (tertiary/aromatic N) is 4. The third-order valence-corrected chi connectivity index (χ3v) is 5.87. The molecule has 0 aliphatic rings. The molecule has 3 aromatic heterocycles. The van der Waals surface area contributed by atoms with Gasteiger partial charge >= 0.3 is 0 Å². The van der Waals surface area contributed by atoms with E-state index in [4.69, 9.17) is 4.74 Å². The Morgan fingerprint density at radius 2 is 1.97 bits per heavy atom. The molecule has 0 saturated heterocycles. The fraction of sp³-hybridized carbons (Fsp3) is 0.0909. The quantitative estimate of drug-likeness (QED) is 0.327. The fourth-order valence-electron chi connectivity index (χ4n) is 3.47. The molecule has 3 heterocycles. The second-order valence-electron chi connectivity index (χ2n) is 6.77. The number of nitrogens with one attached hydrogen (secondary N) is 1. The highest BCUT2D eigenvalue weighted by Crippen LogP contribution is 2.24. The normalized spacial score (nSPS) is 11.3. The van der Waals surface area contributed by atoms with Crippen LogP contribution in [0.2, 0.25) is 0 Å². The first-order chi connectivity index (χ1) is 15.2. The molecule has 9 heteroatoms. The summed E-state index contributed by atoms with van der Waals surface area (Å²) in [6.07, 6.45) is 1.71. The molecule has 0 saturated carbocycles. The number of ether oxygens (including phenoxy) is 1. The van der Waals surface area contributed by atoms with Gasteiger partial charge in [0.05, 0.1) is 35.1 Å². The fourth-order valence-corrected chi connectivity index (χ4v) is 4.29. The Morgan fingerprint density at radius 3 is 2.77 bits per heavy atom. The van der Waals surface area contributed by atoms with Crippen LogP contribution in [0.25, 0.3) is 22.4 Å². The zero-order valence-electron chi connectivity index (χ0n) is 16.5. The standard InChI is InChI=1S/C22H17N5O3S/c1-30-15-7-4-6-14(12-15)26-20(29)16-8-2-3-10-18(16)27-21(26)24-25-22(27)31-13-19(28)17-9-5-11-23-17/h2-12,23H,13H2,1H3. The van der Waals surface area contributed by atoms with Crippen molar-refractivity contribution in [2.75, 3.05) is 12.9 Å². The van der Waals surface area contributed by atoms with E-state index in [-0.39, 0.29) is 17.1 Å². The van der Waals surface area contributed by atoms with Crippen molar-refractivity contribution in [1.29, 1.82) is 0 Å². The van der Waals surface area contributed by atoms with Gasteiger partial charge in [0.1, 0.15) is 5.75 Å². The number of aromatic amines is 1. The number of aromatic nitrogens is 5. The number of carbonyl (C=O) groups excluding carboxylic acids is 1. The van der Waals surface area contributed by atoms with Crippen LogP contribution in [0.5, 0.6) is 5.75 Å². The number of hydrogen-bond donors (Lipinski definition) is 1. The molecule has 0 aliphatic carbocycles. The van der Waals surface area contributed by atoms with Crippen molar-refractivity contribution in [1.82, 2.24) is 24.1 Å². The first-order valence-electron chi connectivity index (χ1n) is 9.50. The molecule has 1 N–H and O–H groups in total. The number of rotatable bonds is 6. The van der Waals surface area contributed by atoms with Crippen LogP contribution in [0.15, 0.2) is 76.8 Å². The van der Waals surface area contributed by atoms with Crippen LogP contribution in [-0.2, 0) is 0 Å². The molecule has 0 bridgehead atoms. The summed E-state index contributed by atoms with van der Waals surface area (Å²) in [5.41, 5.74) is 1.63. The lowest BCUT2D eigenvalue weighted by atomic mass is 10.2. The molecular weight excluding hydrogens is 414 g/mol. The molecular formula is C22H17N5O3S. The van der Waals surface area contributed by atoms with Gasteiger partial charge in [-0.25, -0.2) is 4.57 Å². The topological polar surface area (TPSA) is 94.3 Å². The summed E-state index contributed by atoms with van der Waals surface area (Å²) < 4.78 is 8.64. The summed E-state index contributed by atoms with van der Waals surface area (Å²) in [4.78, 5) is 28.7. The van der Waals surface area contributed by atoms with E-state index in [1.807, 2.05) is 40.8 Å². The zero-order valence-corrected chi connectivity index (χ0v) is 17.3. The number of H-pyrrole nitrogens is 1. The van der Waals surface area contributed by atoms with E-state index in [0.29, 0.717) is 39.0 Å². The Hall–Kier alpha value is -3.85. The van der Waals surface area contributed by atoms with Gasteiger partial charge in [0.25, 0.3) is 5.56 Å². The second-order valence-corrected chi connectivity index (χ2v) is 7.72. The van der Waals surface area contributed by atoms with Crippen molar-refractivity contribution < 1.29 is 9.53 Å². The highest BCUT2D eigenvalue weighted by atomic mass is 32.2. The van der Waals surface area contributed by atoms with Crippen LogP contribution in [0, 0.1) is 0 Å². The molecule has 0 radical (unpaired) electrons. The summed E-state index contributed by atoms with van der Waals surface area (Å²) in [5, 5.41) is 9.64. The van der Waals surface area contributed by atoms with Crippen molar-refractivity contribution in [3.05, 3.63) is 82.9 Å². The molecule has 0 amide bonds. The highest BCUT2D eigenvalue weighted by molar-refractivity contribution is 7.99. The molecule has 5 aromatic rings. The van der Waals surface area contributed by atoms with E-state index >= 15 is 0 Å². The maximum Gasteiger partial charge on any atom is 0.267 e. The summed E-state index contributed by atoms with van der Waals surface area (Å²) in [6.45, 7) is 0. The number of fused-ring (bicyclic) bond motifs is 3. The Kier molecular flexibility index (Phi) is 4.79. The van der Waals surface area contributed by atoms with E-state index in [1.54, 1.807) is 37.6 Å². The van der Waals surface area contributed by atoms with Crippen molar-refractivity contribution in [3.8, 4) is 11.4 Å². The lowest BCUT2D eigenvalue weighted by Gasteiger charge is -2.12. The molecule has 8 nitrogen and oxygen atoms in total. The van der Waals surface area contributed by atoms with Crippen molar-refractivity contribution in [2.45, 2.75) is 5.16 Å². The van der Waals surface area contributed by atoms with Gasteiger partial charge in [-0.1, -0.05) is 30.0 Å². The van der Waals surface area contributed by atoms with Crippen LogP contribution in [0.1, 0.15) is 10.5 Å². The monoisotopic (exact) mass is 431 g/mol. The Balaban J connectivity index is 1.68. The lowest BCUT2D eigenvalue weighted by Crippen LogP contribution is -2.22. The molecule has 31 heavy (non-hydrogen) atoms. The molecule has 154 valence electrons. The average Bonchev–Trinajstić information content (AvgIpc) is 3.48. The first-order valence-corrected chi connectivity index (χ1v) is 10.5. The summed E-state index contributed by atoms with van der Waals surface area (Å²) in [6, 6.07) is 18.0. The number of ketones is 1. The molecule has 0 atom stereocenters. The molecule has 5 rings (SSSR count). The lowest BCUT2D eigenvalue weighted by molar-refractivity contribution is 0.101. The number of methoxy groups -OCH3 is 1. The SMILES string of the molecule is COc1cccc(-n2c(=O)c3ccccc3n3c(SCC(=O)c4ccc[nH]4)nnc23)c1. The highest BCUT2D eigenvalue weighted by Gasteiger charge is 2.19. The van der Waals surface area contributed by atoms with Crippen LogP contribution in [0.4, 0.5) is 0 Å². The number of thioether (sulfide) groups is 1. The zero-order chi connectivity index (χ0) is 21.4. The third kappa shape index (κ3) is 3.28. The van der Waals surface area contributed by atoms with Gasteiger partial charge in [0, 0.05) is 12.3 Å². The van der Waals surface area contributed by atoms with Gasteiger partial charge in [0.2, 0.25) is 5.78 Å². The molecule has 0 spiro atoms. The Bertz CT molecular complexity index is 1470. The number of hydrogen-bond acceptors (Lipinski definition) is 6. The Labute approximate surface area is 180 Å². The largest absolute Gasteiger partial charge is 0.497 e. The van der Waals surface area contributed by atoms with Crippen LogP contribution in [0.3, 0.4) is 0 Å². The minimum atomic E-state index is -0.206. The molecule has 0 unspecified atom stereocenters. The van der Waals surface area contributed by atoms with Gasteiger partial charge in [-0.2, -0.15) is 0 Å². The van der Waals surface area contributed by atoms with Crippen molar-refractivity contribution in [3.63, 3.8) is 0 Å². The van der Waals surface area contributed by atoms with Crippen molar-refractivity contribution >= 4 is 34.2 Å². The van der Waals surface area contributed by atoms with Gasteiger partial charge in [-0.15, -0.1) is 10.2 Å². The van der Waals surface area contributed by atoms with Gasteiger partial charge < -0.3 is 9.72 Å². The average molecular weight is 431 g/mol. The van der Waals surface area contributed by atoms with Crippen molar-refractivity contribution in [2.24, 2.45) is 0 Å². The smallest absolute Gasteiger partial charge is 0.267 e. The van der Waals surface area contributed by atoms with E-state index in [2.05, 4.69) is 15.2 Å². The van der Waals surface area contributed by atoms with Gasteiger partial charge in [-0.3, -0.25) is 14.0 Å². The van der Waals surface area contributed by atoms with E-state index in [0.717, 1.165) is 0 Å². The first kappa shape index (κ1) is 19.1. The van der Waals surface area contributed by atoms with Crippen LogP contribution >= 0.6 is 11.8 Å². The summed E-state index contributed by atoms with van der Waals surface area (Å²) >= 11 is 1.27. The third-order valence-electron chi connectivity index (χ3n) is 4.94. The number of Topliss-reactive ketones (excluding diaryl/α,β-unsaturated/α-hetero) is 1. The Morgan fingerprint density at radius 1 is 1.10 bits per heavy atom. The van der Waals surface area contributed by atoms with Crippen LogP contribution < -0.4 is 10.3 Å². The second kappa shape index (κ2) is 7.77. The molecule has 0 fully saturated rings. The van der Waals surface area contributed by atoms with E-state index in [9.17, 15) is 9.59 Å². The minimum Gasteiger partial charge on any atom is -0.497 e. The minimum absolute atomic E-state index is 0.0443. The van der Waals surface area contributed by atoms with Gasteiger partial charge in [0.15, 0.2) is 10.9 Å². The molecule has 0 aliphatic heterocycles. The van der Waals surface area contributed by atoms with E-state index < -0.39 is 0 Å². The van der Waals surface area contributed by atoms with Crippen LogP contribution in [-0.4, -0.2) is 42.8 Å². The number of para-hydroxylation sites is 1. The predicted molar refractivity (Wildman–Crippen MR) is 118 cm³/mol. The summed E-state index contributed by atoms with van der Waals surface area (Å²) in [7, 11) is 1.57. The van der Waals surface area contributed by atoms with Gasteiger partial charge in [-0.05, 0) is 36.4 Å². The predicted octanol–water partition coefficient (Wildman–Crippen LogP) is 3.35. The van der Waals surface area contributed by atoms with E-state index in [1.165, 1.54) is 16.3 Å². The maximum absolute atomic E-state index is 13.3.